The quantitative estimate of drug-likeness (QED) is 0.544. The predicted octanol–water partition coefficient (Wildman–Crippen LogP) is 3.82. The highest BCUT2D eigenvalue weighted by Crippen LogP contribution is 2.33. The zero-order valence-electron chi connectivity index (χ0n) is 17.3. The average Bonchev–Trinajstić information content (AvgIpc) is 3.35. The summed E-state index contributed by atoms with van der Waals surface area (Å²) in [5.41, 5.74) is 3.43. The van der Waals surface area contributed by atoms with Crippen LogP contribution in [0, 0.1) is 13.8 Å². The van der Waals surface area contributed by atoms with E-state index in [1.807, 2.05) is 32.0 Å². The molecule has 4 heterocycles. The number of hydrogen-bond donors (Lipinski definition) is 2. The molecule has 0 saturated carbocycles. The Hall–Kier alpha value is -3.32. The number of fused-ring (bicyclic) bond motifs is 2. The third kappa shape index (κ3) is 3.11. The van der Waals surface area contributed by atoms with Crippen LogP contribution in [-0.4, -0.2) is 49.2 Å². The maximum absolute atomic E-state index is 13.1. The normalized spacial score (nSPS) is 19.1. The van der Waals surface area contributed by atoms with Crippen molar-refractivity contribution in [2.24, 2.45) is 0 Å². The Balaban J connectivity index is 1.51. The summed E-state index contributed by atoms with van der Waals surface area (Å²) < 4.78 is 7.88. The second kappa shape index (κ2) is 6.60. The molecule has 7 heteroatoms. The number of aromatic amines is 1. The van der Waals surface area contributed by atoms with E-state index in [0.29, 0.717) is 36.6 Å². The van der Waals surface area contributed by atoms with Crippen molar-refractivity contribution in [1.82, 2.24) is 19.5 Å². The molecule has 30 heavy (non-hydrogen) atoms. The molecule has 1 amide bonds. The number of carbonyl (C=O) groups excluding carboxylic acids is 1. The Kier molecular flexibility index (Phi) is 4.11. The van der Waals surface area contributed by atoms with Crippen molar-refractivity contribution in [3.63, 3.8) is 0 Å². The van der Waals surface area contributed by atoms with Crippen LogP contribution in [0.5, 0.6) is 11.5 Å². The number of benzene rings is 1. The van der Waals surface area contributed by atoms with Crippen LogP contribution >= 0.6 is 0 Å². The molecule has 2 N–H and O–H groups in total. The van der Waals surface area contributed by atoms with E-state index in [1.54, 1.807) is 34.8 Å². The van der Waals surface area contributed by atoms with Gasteiger partial charge in [-0.3, -0.25) is 4.79 Å². The van der Waals surface area contributed by atoms with E-state index < -0.39 is 5.60 Å². The van der Waals surface area contributed by atoms with E-state index in [0.717, 1.165) is 27.7 Å². The minimum Gasteiger partial charge on any atom is -0.455 e. The van der Waals surface area contributed by atoms with Crippen molar-refractivity contribution in [2.75, 3.05) is 13.1 Å². The number of nitrogens with zero attached hydrogens (tertiary/aromatic N) is 3. The fraction of sp³-hybridized carbons (Fsp3) is 0.304. The molecule has 0 aliphatic carbocycles. The Labute approximate surface area is 173 Å². The van der Waals surface area contributed by atoms with Gasteiger partial charge in [0.1, 0.15) is 11.3 Å². The van der Waals surface area contributed by atoms with Crippen molar-refractivity contribution < 1.29 is 14.6 Å². The van der Waals surface area contributed by atoms with E-state index in [-0.39, 0.29) is 5.91 Å². The van der Waals surface area contributed by atoms with E-state index >= 15 is 0 Å². The van der Waals surface area contributed by atoms with Crippen molar-refractivity contribution in [3.05, 3.63) is 59.5 Å². The first-order valence-electron chi connectivity index (χ1n) is 10.1. The Morgan fingerprint density at radius 2 is 2.10 bits per heavy atom. The number of nitrogens with one attached hydrogen (secondary N) is 1. The van der Waals surface area contributed by atoms with Crippen LogP contribution in [0.4, 0.5) is 0 Å². The van der Waals surface area contributed by atoms with Crippen LogP contribution in [0.2, 0.25) is 0 Å². The van der Waals surface area contributed by atoms with E-state index in [1.165, 1.54) is 0 Å². The molecule has 1 aromatic carbocycles. The van der Waals surface area contributed by atoms with Gasteiger partial charge >= 0.3 is 0 Å². The van der Waals surface area contributed by atoms with Gasteiger partial charge in [0.25, 0.3) is 5.91 Å². The van der Waals surface area contributed by atoms with Crippen molar-refractivity contribution >= 4 is 22.3 Å². The van der Waals surface area contributed by atoms with Crippen LogP contribution in [0.1, 0.15) is 35.0 Å². The van der Waals surface area contributed by atoms with E-state index in [9.17, 15) is 9.90 Å². The number of hydrogen-bond acceptors (Lipinski definition) is 4. The van der Waals surface area contributed by atoms with Crippen LogP contribution in [0.25, 0.3) is 16.4 Å². The van der Waals surface area contributed by atoms with Crippen LogP contribution in [0.15, 0.2) is 42.7 Å². The number of amides is 1. The highest BCUT2D eigenvalue weighted by Gasteiger charge is 2.35. The van der Waals surface area contributed by atoms with Gasteiger partial charge in [-0.05, 0) is 56.3 Å². The van der Waals surface area contributed by atoms with Crippen molar-refractivity contribution in [1.29, 1.82) is 0 Å². The first-order chi connectivity index (χ1) is 14.3. The molecular formula is C23H24N4O3. The Morgan fingerprint density at radius 1 is 1.27 bits per heavy atom. The third-order valence-electron chi connectivity index (χ3n) is 5.82. The number of rotatable bonds is 3. The average molecular weight is 404 g/mol. The lowest BCUT2D eigenvalue weighted by Gasteiger charge is -2.18. The molecule has 4 aromatic rings. The van der Waals surface area contributed by atoms with Gasteiger partial charge in [-0.1, -0.05) is 0 Å². The number of carbonyl (C=O) groups is 1. The monoisotopic (exact) mass is 404 g/mol. The topological polar surface area (TPSA) is 82.9 Å². The number of H-pyrrole nitrogens is 1. The van der Waals surface area contributed by atoms with Crippen LogP contribution in [0.3, 0.4) is 0 Å². The molecule has 0 radical (unpaired) electrons. The molecule has 3 aromatic heterocycles. The maximum atomic E-state index is 13.1. The third-order valence-corrected chi connectivity index (χ3v) is 5.82. The summed E-state index contributed by atoms with van der Waals surface area (Å²) in [4.78, 5) is 18.1. The first kappa shape index (κ1) is 18.7. The molecule has 1 aliphatic heterocycles. The number of likely N-dealkylation sites (tertiary alicyclic amines) is 1. The van der Waals surface area contributed by atoms with Gasteiger partial charge in [-0.15, -0.1) is 0 Å². The smallest absolute Gasteiger partial charge is 0.255 e. The zero-order valence-corrected chi connectivity index (χ0v) is 17.3. The molecule has 0 unspecified atom stereocenters. The molecule has 5 rings (SSSR count). The number of aromatic nitrogens is 3. The van der Waals surface area contributed by atoms with Crippen LogP contribution < -0.4 is 4.74 Å². The van der Waals surface area contributed by atoms with Gasteiger partial charge in [0.15, 0.2) is 5.75 Å². The number of β-amino-alcohol motifs (C(OH)–C–C–N with tert-alkyl or cyclic N) is 1. The maximum Gasteiger partial charge on any atom is 0.255 e. The molecule has 1 atom stereocenters. The van der Waals surface area contributed by atoms with Crippen molar-refractivity contribution in [3.8, 4) is 11.5 Å². The number of aliphatic hydroxyl groups is 1. The predicted molar refractivity (Wildman–Crippen MR) is 114 cm³/mol. The van der Waals surface area contributed by atoms with Gasteiger partial charge in [0.05, 0.1) is 17.4 Å². The molecule has 7 nitrogen and oxygen atoms in total. The number of aryl methyl sites for hydroxylation is 2. The van der Waals surface area contributed by atoms with E-state index in [2.05, 4.69) is 16.1 Å². The summed E-state index contributed by atoms with van der Waals surface area (Å²) >= 11 is 0. The lowest BCUT2D eigenvalue weighted by molar-refractivity contribution is 0.0572. The molecule has 1 aliphatic rings. The fourth-order valence-corrected chi connectivity index (χ4v) is 4.25. The zero-order chi connectivity index (χ0) is 21.0. The standard InChI is InChI=1S/C23H24N4O3/c1-14-10-16-4-5-17(11-19(16)25-14)30-20-6-8-24-27-12-18(15(2)21(20)27)22(28)26-9-7-23(3,29)13-26/h4-6,8,10-12,25,29H,7,9,13H2,1-3H3/t23-/m1/s1. The lowest BCUT2D eigenvalue weighted by Crippen LogP contribution is -2.34. The first-order valence-corrected chi connectivity index (χ1v) is 10.1. The summed E-state index contributed by atoms with van der Waals surface area (Å²) in [6.45, 7) is 6.57. The SMILES string of the molecule is Cc1cc2ccc(Oc3ccnn4cc(C(=O)N5CC[C@@](C)(O)C5)c(C)c34)cc2[nH]1. The van der Waals surface area contributed by atoms with Crippen molar-refractivity contribution in [2.45, 2.75) is 32.8 Å². The highest BCUT2D eigenvalue weighted by molar-refractivity contribution is 5.98. The van der Waals surface area contributed by atoms with Gasteiger partial charge in [0.2, 0.25) is 0 Å². The van der Waals surface area contributed by atoms with Gasteiger partial charge in [0, 0.05) is 42.6 Å². The Bertz CT molecular complexity index is 1280. The largest absolute Gasteiger partial charge is 0.455 e. The molecular weight excluding hydrogens is 380 g/mol. The second-order valence-electron chi connectivity index (χ2n) is 8.43. The molecule has 0 spiro atoms. The van der Waals surface area contributed by atoms with Gasteiger partial charge in [-0.2, -0.15) is 5.10 Å². The summed E-state index contributed by atoms with van der Waals surface area (Å²) in [5.74, 6) is 1.25. The van der Waals surface area contributed by atoms with Gasteiger partial charge in [-0.25, -0.2) is 4.52 Å². The van der Waals surface area contributed by atoms with E-state index in [4.69, 9.17) is 4.74 Å². The van der Waals surface area contributed by atoms with Crippen LogP contribution in [-0.2, 0) is 0 Å². The number of ether oxygens (including phenoxy) is 1. The summed E-state index contributed by atoms with van der Waals surface area (Å²) in [5, 5.41) is 15.7. The molecule has 154 valence electrons. The second-order valence-corrected chi connectivity index (χ2v) is 8.43. The molecule has 1 saturated heterocycles. The fourth-order valence-electron chi connectivity index (χ4n) is 4.25. The molecule has 1 fully saturated rings. The lowest BCUT2D eigenvalue weighted by atomic mass is 10.1. The highest BCUT2D eigenvalue weighted by atomic mass is 16.5. The Morgan fingerprint density at radius 3 is 2.87 bits per heavy atom. The molecule has 0 bridgehead atoms. The minimum atomic E-state index is -0.829. The summed E-state index contributed by atoms with van der Waals surface area (Å²) in [7, 11) is 0. The minimum absolute atomic E-state index is 0.0926. The van der Waals surface area contributed by atoms with Gasteiger partial charge < -0.3 is 19.7 Å². The summed E-state index contributed by atoms with van der Waals surface area (Å²) in [6, 6.07) is 9.82. The summed E-state index contributed by atoms with van der Waals surface area (Å²) in [6.07, 6.45) is 3.98.